The highest BCUT2D eigenvalue weighted by atomic mass is 15.1. The van der Waals surface area contributed by atoms with Crippen LogP contribution in [0.3, 0.4) is 0 Å². The summed E-state index contributed by atoms with van der Waals surface area (Å²) >= 11 is 0. The Balaban J connectivity index is 1.59. The Morgan fingerprint density at radius 2 is 1.93 bits per heavy atom. The summed E-state index contributed by atoms with van der Waals surface area (Å²) in [5, 5.41) is 1.27. The van der Waals surface area contributed by atoms with Gasteiger partial charge in [0, 0.05) is 24.0 Å². The Hall–Kier alpha value is -2.67. The van der Waals surface area contributed by atoms with Crippen molar-refractivity contribution in [2.45, 2.75) is 19.3 Å². The van der Waals surface area contributed by atoms with Gasteiger partial charge in [0.15, 0.2) is 0 Å². The molecule has 0 N–H and O–H groups in total. The molecule has 0 saturated carbocycles. The third-order valence-electron chi connectivity index (χ3n) is 5.46. The molecule has 4 rings (SSSR count). The second kappa shape index (κ2) is 8.35. The zero-order valence-corrected chi connectivity index (χ0v) is 15.8. The number of hydrogen-bond acceptors (Lipinski definition) is 2. The van der Waals surface area contributed by atoms with E-state index in [1.807, 2.05) is 0 Å². The molecular formula is C25H26N2. The standard InChI is InChI=1S/C25H26N2/c1-2-9-20-10-8-16-27(19-20)17-15-22-18-25(21-11-4-3-5-12-21)26-24-14-7-6-13-23(22)24/h3-7,9,11-14,18,20H,1,8,10,15-17,19H2. The molecule has 1 aliphatic rings. The molecule has 2 nitrogen and oxygen atoms in total. The summed E-state index contributed by atoms with van der Waals surface area (Å²) < 4.78 is 0. The van der Waals surface area contributed by atoms with Crippen molar-refractivity contribution < 1.29 is 0 Å². The molecule has 27 heavy (non-hydrogen) atoms. The van der Waals surface area contributed by atoms with Crippen molar-refractivity contribution in [3.05, 3.63) is 84.6 Å². The molecule has 1 aromatic heterocycles. The van der Waals surface area contributed by atoms with Crippen LogP contribution in [0.5, 0.6) is 0 Å². The van der Waals surface area contributed by atoms with Crippen LogP contribution in [0.25, 0.3) is 22.2 Å². The Labute approximate surface area is 161 Å². The van der Waals surface area contributed by atoms with Gasteiger partial charge in [-0.2, -0.15) is 0 Å². The number of rotatable bonds is 5. The number of piperidine rings is 1. The lowest BCUT2D eigenvalue weighted by Crippen LogP contribution is -2.36. The van der Waals surface area contributed by atoms with Gasteiger partial charge in [0.05, 0.1) is 11.2 Å². The first-order valence-corrected chi connectivity index (χ1v) is 9.86. The van der Waals surface area contributed by atoms with Crippen LogP contribution in [0.4, 0.5) is 0 Å². The molecule has 136 valence electrons. The highest BCUT2D eigenvalue weighted by Crippen LogP contribution is 2.26. The molecule has 0 spiro atoms. The molecule has 0 radical (unpaired) electrons. The lowest BCUT2D eigenvalue weighted by Gasteiger charge is -2.31. The van der Waals surface area contributed by atoms with Gasteiger partial charge in [-0.15, -0.1) is 5.73 Å². The number of para-hydroxylation sites is 1. The topological polar surface area (TPSA) is 16.1 Å². The highest BCUT2D eigenvalue weighted by molar-refractivity contribution is 5.85. The van der Waals surface area contributed by atoms with Gasteiger partial charge in [0.1, 0.15) is 0 Å². The number of aromatic nitrogens is 1. The summed E-state index contributed by atoms with van der Waals surface area (Å²) in [6.45, 7) is 7.14. The maximum atomic E-state index is 4.90. The minimum absolute atomic E-state index is 0.602. The van der Waals surface area contributed by atoms with E-state index in [1.54, 1.807) is 0 Å². The fraction of sp³-hybridized carbons (Fsp3) is 0.280. The average Bonchev–Trinajstić information content (AvgIpc) is 2.73. The molecule has 1 aliphatic heterocycles. The van der Waals surface area contributed by atoms with E-state index in [2.05, 4.69) is 83.9 Å². The monoisotopic (exact) mass is 354 g/mol. The van der Waals surface area contributed by atoms with Crippen molar-refractivity contribution in [1.29, 1.82) is 0 Å². The van der Waals surface area contributed by atoms with E-state index in [9.17, 15) is 0 Å². The van der Waals surface area contributed by atoms with Crippen LogP contribution in [0.2, 0.25) is 0 Å². The largest absolute Gasteiger partial charge is 0.302 e. The van der Waals surface area contributed by atoms with Crippen molar-refractivity contribution in [3.63, 3.8) is 0 Å². The normalized spacial score (nSPS) is 17.6. The lowest BCUT2D eigenvalue weighted by molar-refractivity contribution is 0.199. The summed E-state index contributed by atoms with van der Waals surface area (Å²) in [6, 6.07) is 21.3. The average molecular weight is 354 g/mol. The van der Waals surface area contributed by atoms with E-state index < -0.39 is 0 Å². The minimum Gasteiger partial charge on any atom is -0.302 e. The summed E-state index contributed by atoms with van der Waals surface area (Å²) in [4.78, 5) is 7.49. The van der Waals surface area contributed by atoms with Crippen LogP contribution in [0.15, 0.2) is 79.0 Å². The van der Waals surface area contributed by atoms with E-state index >= 15 is 0 Å². The van der Waals surface area contributed by atoms with E-state index in [0.717, 1.165) is 30.7 Å². The first-order valence-electron chi connectivity index (χ1n) is 9.86. The molecule has 2 heteroatoms. The molecular weight excluding hydrogens is 328 g/mol. The third kappa shape index (κ3) is 4.19. The smallest absolute Gasteiger partial charge is 0.0712 e. The number of likely N-dealkylation sites (tertiary alicyclic amines) is 1. The second-order valence-electron chi connectivity index (χ2n) is 7.37. The number of nitrogens with zero attached hydrogens (tertiary/aromatic N) is 2. The van der Waals surface area contributed by atoms with Gasteiger partial charge in [-0.05, 0) is 55.5 Å². The number of hydrogen-bond donors (Lipinski definition) is 0. The Morgan fingerprint density at radius 1 is 1.11 bits per heavy atom. The maximum absolute atomic E-state index is 4.90. The number of fused-ring (bicyclic) bond motifs is 1. The van der Waals surface area contributed by atoms with Crippen molar-refractivity contribution in [3.8, 4) is 11.3 Å². The van der Waals surface area contributed by atoms with E-state index in [4.69, 9.17) is 4.98 Å². The molecule has 0 amide bonds. The molecule has 0 aliphatic carbocycles. The van der Waals surface area contributed by atoms with Crippen LogP contribution in [-0.4, -0.2) is 29.5 Å². The fourth-order valence-corrected chi connectivity index (χ4v) is 4.09. The van der Waals surface area contributed by atoms with Crippen molar-refractivity contribution in [2.24, 2.45) is 5.92 Å². The minimum atomic E-state index is 0.602. The van der Waals surface area contributed by atoms with Crippen LogP contribution < -0.4 is 0 Å². The van der Waals surface area contributed by atoms with Crippen LogP contribution in [-0.2, 0) is 6.42 Å². The predicted octanol–water partition coefficient (Wildman–Crippen LogP) is 5.50. The van der Waals surface area contributed by atoms with Crippen molar-refractivity contribution in [2.75, 3.05) is 19.6 Å². The van der Waals surface area contributed by atoms with Gasteiger partial charge < -0.3 is 4.90 Å². The van der Waals surface area contributed by atoms with Crippen molar-refractivity contribution >= 4 is 10.9 Å². The lowest BCUT2D eigenvalue weighted by atomic mass is 9.97. The molecule has 0 bridgehead atoms. The first-order chi connectivity index (χ1) is 13.3. The van der Waals surface area contributed by atoms with Gasteiger partial charge in [-0.25, -0.2) is 4.98 Å². The summed E-state index contributed by atoms with van der Waals surface area (Å²) in [6.07, 6.45) is 5.71. The quantitative estimate of drug-likeness (QED) is 0.563. The van der Waals surface area contributed by atoms with Gasteiger partial charge in [0.25, 0.3) is 0 Å². The summed E-state index contributed by atoms with van der Waals surface area (Å²) in [5.41, 5.74) is 7.69. The molecule has 1 saturated heterocycles. The summed E-state index contributed by atoms with van der Waals surface area (Å²) in [5.74, 6) is 0.602. The Kier molecular flexibility index (Phi) is 5.48. The second-order valence-corrected chi connectivity index (χ2v) is 7.37. The van der Waals surface area contributed by atoms with Gasteiger partial charge in [0.2, 0.25) is 0 Å². The maximum Gasteiger partial charge on any atom is 0.0712 e. The van der Waals surface area contributed by atoms with Gasteiger partial charge >= 0.3 is 0 Å². The van der Waals surface area contributed by atoms with Crippen LogP contribution in [0.1, 0.15) is 18.4 Å². The predicted molar refractivity (Wildman–Crippen MR) is 114 cm³/mol. The fourth-order valence-electron chi connectivity index (χ4n) is 4.09. The zero-order chi connectivity index (χ0) is 18.5. The SMILES string of the molecule is C=C=CC1CCCN(CCc2cc(-c3ccccc3)nc3ccccc23)C1. The molecule has 1 unspecified atom stereocenters. The number of benzene rings is 2. The third-order valence-corrected chi connectivity index (χ3v) is 5.46. The van der Waals surface area contributed by atoms with Crippen LogP contribution in [0, 0.1) is 5.92 Å². The van der Waals surface area contributed by atoms with E-state index in [-0.39, 0.29) is 0 Å². The van der Waals surface area contributed by atoms with Gasteiger partial charge in [-0.3, -0.25) is 0 Å². The van der Waals surface area contributed by atoms with E-state index in [0.29, 0.717) is 5.92 Å². The first kappa shape index (κ1) is 17.7. The number of pyridine rings is 1. The zero-order valence-electron chi connectivity index (χ0n) is 15.8. The van der Waals surface area contributed by atoms with Crippen LogP contribution >= 0.6 is 0 Å². The highest BCUT2D eigenvalue weighted by Gasteiger charge is 2.18. The Morgan fingerprint density at radius 3 is 2.78 bits per heavy atom. The van der Waals surface area contributed by atoms with Gasteiger partial charge in [-0.1, -0.05) is 55.1 Å². The molecule has 3 aromatic rings. The molecule has 2 aromatic carbocycles. The molecule has 1 atom stereocenters. The Bertz CT molecular complexity index is 954. The summed E-state index contributed by atoms with van der Waals surface area (Å²) in [7, 11) is 0. The van der Waals surface area contributed by atoms with Crippen molar-refractivity contribution in [1.82, 2.24) is 9.88 Å². The molecule has 1 fully saturated rings. The molecule has 2 heterocycles. The van der Waals surface area contributed by atoms with E-state index in [1.165, 1.54) is 35.9 Å².